The molecule has 11 heteroatoms. The van der Waals surface area contributed by atoms with Gasteiger partial charge in [-0.3, -0.25) is 4.79 Å². The van der Waals surface area contributed by atoms with Crippen LogP contribution in [0.4, 0.5) is 36.4 Å². The third-order valence-corrected chi connectivity index (χ3v) is 5.06. The zero-order valence-corrected chi connectivity index (χ0v) is 16.9. The first-order valence-corrected chi connectivity index (χ1v) is 9.83. The number of hydrogen-bond donors (Lipinski definition) is 2. The first-order chi connectivity index (χ1) is 15.3. The van der Waals surface area contributed by atoms with Crippen molar-refractivity contribution in [2.24, 2.45) is 0 Å². The standard InChI is InChI=1S/C21H20F3N7O/c22-21(23,24)14-4-6-15(7-5-14)28-19(32)16-13-27-20(29-18(16)25)31-11-9-30(10-12-31)17-3-1-2-8-26-17/h1-8,13H,9-12H2,(H,28,32)(H2,25,27,29). The molecular weight excluding hydrogens is 423 g/mol. The number of aromatic nitrogens is 3. The molecule has 1 fully saturated rings. The molecule has 0 radical (unpaired) electrons. The third kappa shape index (κ3) is 4.71. The summed E-state index contributed by atoms with van der Waals surface area (Å²) >= 11 is 0. The number of anilines is 4. The fourth-order valence-corrected chi connectivity index (χ4v) is 3.33. The predicted molar refractivity (Wildman–Crippen MR) is 115 cm³/mol. The molecule has 2 aromatic heterocycles. The highest BCUT2D eigenvalue weighted by atomic mass is 19.4. The number of rotatable bonds is 4. The monoisotopic (exact) mass is 443 g/mol. The molecule has 1 aliphatic heterocycles. The number of pyridine rings is 1. The average molecular weight is 443 g/mol. The second-order valence-corrected chi connectivity index (χ2v) is 7.16. The fourth-order valence-electron chi connectivity index (χ4n) is 3.33. The Morgan fingerprint density at radius 1 is 0.969 bits per heavy atom. The van der Waals surface area contributed by atoms with Gasteiger partial charge >= 0.3 is 6.18 Å². The van der Waals surface area contributed by atoms with Crippen LogP contribution in [0.3, 0.4) is 0 Å². The lowest BCUT2D eigenvalue weighted by atomic mass is 10.2. The Bertz CT molecular complexity index is 1080. The average Bonchev–Trinajstić information content (AvgIpc) is 2.79. The molecule has 3 N–H and O–H groups in total. The van der Waals surface area contributed by atoms with Crippen molar-refractivity contribution in [3.8, 4) is 0 Å². The zero-order valence-electron chi connectivity index (χ0n) is 16.9. The summed E-state index contributed by atoms with van der Waals surface area (Å²) in [4.78, 5) is 29.5. The number of alkyl halides is 3. The van der Waals surface area contributed by atoms with Crippen LogP contribution in [0.15, 0.2) is 54.9 Å². The minimum Gasteiger partial charge on any atom is -0.383 e. The Labute approximate surface area is 181 Å². The third-order valence-electron chi connectivity index (χ3n) is 5.06. The van der Waals surface area contributed by atoms with Crippen molar-refractivity contribution in [2.75, 3.05) is 47.0 Å². The number of nitrogens with one attached hydrogen (secondary N) is 1. The molecule has 0 unspecified atom stereocenters. The van der Waals surface area contributed by atoms with E-state index in [1.807, 2.05) is 23.1 Å². The van der Waals surface area contributed by atoms with Gasteiger partial charge in [-0.25, -0.2) is 9.97 Å². The molecule has 8 nitrogen and oxygen atoms in total. The van der Waals surface area contributed by atoms with E-state index >= 15 is 0 Å². The molecule has 3 aromatic rings. The van der Waals surface area contributed by atoms with E-state index in [4.69, 9.17) is 5.73 Å². The predicted octanol–water partition coefficient (Wildman–Crippen LogP) is 3.05. The molecule has 0 saturated carbocycles. The Kier molecular flexibility index (Phi) is 5.80. The maximum absolute atomic E-state index is 12.7. The number of benzene rings is 1. The molecule has 0 atom stereocenters. The minimum absolute atomic E-state index is 0.00781. The van der Waals surface area contributed by atoms with Gasteiger partial charge in [-0.2, -0.15) is 18.2 Å². The molecule has 0 aliphatic carbocycles. The van der Waals surface area contributed by atoms with E-state index in [-0.39, 0.29) is 17.1 Å². The zero-order chi connectivity index (χ0) is 22.7. The van der Waals surface area contributed by atoms with Gasteiger partial charge in [-0.05, 0) is 36.4 Å². The number of piperazine rings is 1. The van der Waals surface area contributed by atoms with Crippen LogP contribution in [0.1, 0.15) is 15.9 Å². The molecule has 3 heterocycles. The quantitative estimate of drug-likeness (QED) is 0.639. The molecule has 1 aliphatic rings. The van der Waals surface area contributed by atoms with E-state index < -0.39 is 17.6 Å². The van der Waals surface area contributed by atoms with E-state index in [9.17, 15) is 18.0 Å². The van der Waals surface area contributed by atoms with Gasteiger partial charge in [0.15, 0.2) is 0 Å². The maximum atomic E-state index is 12.7. The van der Waals surface area contributed by atoms with Crippen molar-refractivity contribution in [3.05, 3.63) is 66.0 Å². The van der Waals surface area contributed by atoms with Crippen LogP contribution in [0.5, 0.6) is 0 Å². The maximum Gasteiger partial charge on any atom is 0.416 e. The lowest BCUT2D eigenvalue weighted by Gasteiger charge is -2.35. The van der Waals surface area contributed by atoms with Crippen molar-refractivity contribution in [1.29, 1.82) is 0 Å². The topological polar surface area (TPSA) is 100 Å². The summed E-state index contributed by atoms with van der Waals surface area (Å²) in [7, 11) is 0. The van der Waals surface area contributed by atoms with Gasteiger partial charge in [0.2, 0.25) is 5.95 Å². The minimum atomic E-state index is -4.44. The first kappa shape index (κ1) is 21.3. The van der Waals surface area contributed by atoms with Gasteiger partial charge in [0, 0.05) is 44.3 Å². The second-order valence-electron chi connectivity index (χ2n) is 7.16. The van der Waals surface area contributed by atoms with Crippen molar-refractivity contribution < 1.29 is 18.0 Å². The molecule has 32 heavy (non-hydrogen) atoms. The summed E-state index contributed by atoms with van der Waals surface area (Å²) in [6, 6.07) is 9.89. The van der Waals surface area contributed by atoms with Gasteiger partial charge in [0.1, 0.15) is 17.2 Å². The van der Waals surface area contributed by atoms with Crippen molar-refractivity contribution in [2.45, 2.75) is 6.18 Å². The molecule has 0 spiro atoms. The van der Waals surface area contributed by atoms with Crippen molar-refractivity contribution in [1.82, 2.24) is 15.0 Å². The molecule has 1 aromatic carbocycles. The van der Waals surface area contributed by atoms with Crippen molar-refractivity contribution >= 4 is 29.2 Å². The SMILES string of the molecule is Nc1nc(N2CCN(c3ccccn3)CC2)ncc1C(=O)Nc1ccc(C(F)(F)F)cc1. The van der Waals surface area contributed by atoms with Gasteiger partial charge in [0.05, 0.1) is 5.56 Å². The Morgan fingerprint density at radius 2 is 1.66 bits per heavy atom. The highest BCUT2D eigenvalue weighted by Crippen LogP contribution is 2.30. The summed E-state index contributed by atoms with van der Waals surface area (Å²) in [6.45, 7) is 2.78. The number of amides is 1. The largest absolute Gasteiger partial charge is 0.416 e. The normalized spacial score (nSPS) is 14.3. The second kappa shape index (κ2) is 8.69. The van der Waals surface area contributed by atoms with Crippen molar-refractivity contribution in [3.63, 3.8) is 0 Å². The summed E-state index contributed by atoms with van der Waals surface area (Å²) in [5.74, 6) is 0.706. The van der Waals surface area contributed by atoms with Crippen LogP contribution in [0.25, 0.3) is 0 Å². The first-order valence-electron chi connectivity index (χ1n) is 9.83. The number of nitrogens with two attached hydrogens (primary N) is 1. The van der Waals surface area contributed by atoms with Crippen LogP contribution in [-0.4, -0.2) is 47.0 Å². The summed E-state index contributed by atoms with van der Waals surface area (Å²) in [5, 5.41) is 2.51. The molecular formula is C21H20F3N7O. The van der Waals surface area contributed by atoms with Gasteiger partial charge in [-0.1, -0.05) is 6.07 Å². The Hall–Kier alpha value is -3.89. The Balaban J connectivity index is 1.39. The highest BCUT2D eigenvalue weighted by molar-refractivity contribution is 6.07. The van der Waals surface area contributed by atoms with Gasteiger partial charge in [0.25, 0.3) is 5.91 Å². The van der Waals surface area contributed by atoms with Crippen LogP contribution >= 0.6 is 0 Å². The highest BCUT2D eigenvalue weighted by Gasteiger charge is 2.30. The number of nitrogens with zero attached hydrogens (tertiary/aromatic N) is 5. The number of hydrogen-bond acceptors (Lipinski definition) is 7. The van der Waals surface area contributed by atoms with Gasteiger partial charge < -0.3 is 20.9 Å². The van der Waals surface area contributed by atoms with Crippen LogP contribution in [0.2, 0.25) is 0 Å². The number of carbonyl (C=O) groups is 1. The molecule has 1 saturated heterocycles. The van der Waals surface area contributed by atoms with E-state index in [0.717, 1.165) is 31.0 Å². The smallest absolute Gasteiger partial charge is 0.383 e. The van der Waals surface area contributed by atoms with E-state index in [1.54, 1.807) is 6.20 Å². The number of halogens is 3. The summed E-state index contributed by atoms with van der Waals surface area (Å²) in [6.07, 6.45) is -1.37. The molecule has 0 bridgehead atoms. The Morgan fingerprint density at radius 3 is 2.25 bits per heavy atom. The summed E-state index contributed by atoms with van der Waals surface area (Å²) in [5.41, 5.74) is 5.42. The fraction of sp³-hybridized carbons (Fsp3) is 0.238. The number of carbonyl (C=O) groups excluding carboxylic acids is 1. The van der Waals surface area contributed by atoms with Crippen LogP contribution < -0.4 is 20.9 Å². The molecule has 1 amide bonds. The van der Waals surface area contributed by atoms with E-state index in [2.05, 4.69) is 25.2 Å². The lowest BCUT2D eigenvalue weighted by molar-refractivity contribution is -0.137. The van der Waals surface area contributed by atoms with Crippen LogP contribution in [-0.2, 0) is 6.18 Å². The van der Waals surface area contributed by atoms with Gasteiger partial charge in [-0.15, -0.1) is 0 Å². The molecule has 166 valence electrons. The molecule has 4 rings (SSSR count). The summed E-state index contributed by atoms with van der Waals surface area (Å²) < 4.78 is 38.0. The lowest BCUT2D eigenvalue weighted by Crippen LogP contribution is -2.47. The van der Waals surface area contributed by atoms with E-state index in [1.165, 1.54) is 18.3 Å². The number of nitrogen functional groups attached to an aromatic ring is 1. The van der Waals surface area contributed by atoms with Crippen LogP contribution in [0, 0.1) is 0 Å². The van der Waals surface area contributed by atoms with E-state index in [0.29, 0.717) is 19.0 Å².